The van der Waals surface area contributed by atoms with Crippen LogP contribution in [0.25, 0.3) is 0 Å². The van der Waals surface area contributed by atoms with Gasteiger partial charge in [0, 0.05) is 12.6 Å². The molecule has 0 heterocycles. The first-order chi connectivity index (χ1) is 6.61. The van der Waals surface area contributed by atoms with Gasteiger partial charge in [-0.3, -0.25) is 4.79 Å². The van der Waals surface area contributed by atoms with Crippen molar-refractivity contribution in [2.45, 2.75) is 44.2 Å². The molecule has 82 valence electrons. The lowest BCUT2D eigenvalue weighted by Crippen LogP contribution is -2.40. The van der Waals surface area contributed by atoms with E-state index in [1.165, 1.54) is 25.7 Å². The fourth-order valence-corrected chi connectivity index (χ4v) is 2.01. The van der Waals surface area contributed by atoms with Gasteiger partial charge in [0.1, 0.15) is 0 Å². The van der Waals surface area contributed by atoms with Crippen LogP contribution in [0.4, 0.5) is 0 Å². The Morgan fingerprint density at radius 2 is 2.07 bits per heavy atom. The normalized spacial score (nSPS) is 20.2. The van der Waals surface area contributed by atoms with Crippen molar-refractivity contribution in [1.82, 2.24) is 4.90 Å². The first kappa shape index (κ1) is 11.5. The van der Waals surface area contributed by atoms with Gasteiger partial charge in [0.05, 0.1) is 6.04 Å². The third-order valence-electron chi connectivity index (χ3n) is 3.11. The summed E-state index contributed by atoms with van der Waals surface area (Å²) in [6.07, 6.45) is 5.89. The van der Waals surface area contributed by atoms with Gasteiger partial charge in [-0.1, -0.05) is 12.8 Å². The maximum atomic E-state index is 10.7. The van der Waals surface area contributed by atoms with Crippen LogP contribution in [0.3, 0.4) is 0 Å². The maximum Gasteiger partial charge on any atom is 0.234 e. The number of carbonyl (C=O) groups excluding carboxylic acids is 1. The first-order valence-corrected chi connectivity index (χ1v) is 5.36. The Morgan fingerprint density at radius 1 is 1.50 bits per heavy atom. The molecule has 1 amide bonds. The molecule has 1 unspecified atom stereocenters. The molecular weight excluding hydrogens is 178 g/mol. The zero-order valence-electron chi connectivity index (χ0n) is 8.91. The molecule has 0 bridgehead atoms. The van der Waals surface area contributed by atoms with Crippen LogP contribution in [-0.2, 0) is 4.79 Å². The van der Waals surface area contributed by atoms with Gasteiger partial charge in [-0.2, -0.15) is 0 Å². The number of primary amides is 1. The first-order valence-electron chi connectivity index (χ1n) is 5.36. The molecule has 1 saturated carbocycles. The molecule has 1 aliphatic rings. The van der Waals surface area contributed by atoms with Crippen LogP contribution in [0.2, 0.25) is 0 Å². The van der Waals surface area contributed by atoms with Crippen LogP contribution in [0.1, 0.15) is 32.1 Å². The summed E-state index contributed by atoms with van der Waals surface area (Å²) in [7, 11) is 2.10. The molecule has 0 spiro atoms. The number of carbonyl (C=O) groups is 1. The minimum atomic E-state index is -0.487. The second-order valence-corrected chi connectivity index (χ2v) is 4.22. The van der Waals surface area contributed by atoms with Crippen LogP contribution in [0.15, 0.2) is 0 Å². The molecule has 0 aromatic heterocycles. The van der Waals surface area contributed by atoms with Crippen molar-refractivity contribution >= 4 is 5.91 Å². The van der Waals surface area contributed by atoms with Crippen molar-refractivity contribution in [2.24, 2.45) is 11.5 Å². The zero-order chi connectivity index (χ0) is 10.6. The van der Waals surface area contributed by atoms with Gasteiger partial charge in [-0.15, -0.1) is 0 Å². The molecule has 1 fully saturated rings. The summed E-state index contributed by atoms with van der Waals surface area (Å²) < 4.78 is 0. The van der Waals surface area contributed by atoms with E-state index in [4.69, 9.17) is 11.5 Å². The molecule has 4 heteroatoms. The van der Waals surface area contributed by atoms with E-state index in [0.717, 1.165) is 6.54 Å². The highest BCUT2D eigenvalue weighted by molar-refractivity contribution is 5.79. The lowest BCUT2D eigenvalue weighted by Gasteiger charge is -2.24. The van der Waals surface area contributed by atoms with Crippen molar-refractivity contribution in [3.05, 3.63) is 0 Å². The second-order valence-electron chi connectivity index (χ2n) is 4.22. The van der Waals surface area contributed by atoms with E-state index in [2.05, 4.69) is 11.9 Å². The van der Waals surface area contributed by atoms with Crippen molar-refractivity contribution in [3.63, 3.8) is 0 Å². The van der Waals surface area contributed by atoms with Crippen LogP contribution < -0.4 is 11.5 Å². The molecule has 0 radical (unpaired) electrons. The molecule has 1 atom stereocenters. The quantitative estimate of drug-likeness (QED) is 0.658. The second kappa shape index (κ2) is 5.32. The van der Waals surface area contributed by atoms with Gasteiger partial charge >= 0.3 is 0 Å². The van der Waals surface area contributed by atoms with E-state index >= 15 is 0 Å². The predicted molar refractivity (Wildman–Crippen MR) is 56.7 cm³/mol. The molecule has 14 heavy (non-hydrogen) atoms. The summed E-state index contributed by atoms with van der Waals surface area (Å²) in [4.78, 5) is 13.0. The smallest absolute Gasteiger partial charge is 0.234 e. The molecule has 4 N–H and O–H groups in total. The SMILES string of the molecule is CN(CCC(N)C(N)=O)C1CCCC1. The van der Waals surface area contributed by atoms with E-state index < -0.39 is 11.9 Å². The largest absolute Gasteiger partial charge is 0.368 e. The van der Waals surface area contributed by atoms with E-state index in [0.29, 0.717) is 12.5 Å². The number of nitrogens with zero attached hydrogens (tertiary/aromatic N) is 1. The summed E-state index contributed by atoms with van der Waals surface area (Å²) in [6.45, 7) is 0.870. The van der Waals surface area contributed by atoms with Gasteiger partial charge in [-0.05, 0) is 26.3 Å². The number of rotatable bonds is 5. The molecule has 0 saturated heterocycles. The molecule has 0 aliphatic heterocycles. The average molecular weight is 199 g/mol. The highest BCUT2D eigenvalue weighted by Gasteiger charge is 2.20. The predicted octanol–water partition coefficient (Wildman–Crippen LogP) is 0.0635. The zero-order valence-corrected chi connectivity index (χ0v) is 8.91. The Bertz CT molecular complexity index is 190. The highest BCUT2D eigenvalue weighted by Crippen LogP contribution is 2.22. The number of hydrogen-bond acceptors (Lipinski definition) is 3. The van der Waals surface area contributed by atoms with E-state index in [9.17, 15) is 4.79 Å². The molecule has 1 rings (SSSR count). The molecule has 0 aromatic rings. The molecule has 1 aliphatic carbocycles. The fraction of sp³-hybridized carbons (Fsp3) is 0.900. The third-order valence-corrected chi connectivity index (χ3v) is 3.11. The Hall–Kier alpha value is -0.610. The summed E-state index contributed by atoms with van der Waals surface area (Å²) in [6, 6.07) is 0.203. The van der Waals surface area contributed by atoms with Gasteiger partial charge in [0.25, 0.3) is 0 Å². The maximum absolute atomic E-state index is 10.7. The van der Waals surface area contributed by atoms with Crippen molar-refractivity contribution < 1.29 is 4.79 Å². The lowest BCUT2D eigenvalue weighted by molar-refractivity contribution is -0.119. The number of amides is 1. The van der Waals surface area contributed by atoms with Crippen molar-refractivity contribution in [2.75, 3.05) is 13.6 Å². The summed E-state index contributed by atoms with van der Waals surface area (Å²) in [5.41, 5.74) is 10.7. The van der Waals surface area contributed by atoms with Gasteiger partial charge in [0.15, 0.2) is 0 Å². The Kier molecular flexibility index (Phi) is 4.35. The number of nitrogens with two attached hydrogens (primary N) is 2. The van der Waals surface area contributed by atoms with E-state index in [1.54, 1.807) is 0 Å². The monoisotopic (exact) mass is 199 g/mol. The van der Waals surface area contributed by atoms with E-state index in [1.807, 2.05) is 0 Å². The molecule has 4 nitrogen and oxygen atoms in total. The van der Waals surface area contributed by atoms with E-state index in [-0.39, 0.29) is 0 Å². The van der Waals surface area contributed by atoms with Crippen LogP contribution in [0, 0.1) is 0 Å². The van der Waals surface area contributed by atoms with Gasteiger partial charge in [-0.25, -0.2) is 0 Å². The fourth-order valence-electron chi connectivity index (χ4n) is 2.01. The minimum absolute atomic E-state index is 0.398. The number of hydrogen-bond donors (Lipinski definition) is 2. The Morgan fingerprint density at radius 3 is 2.57 bits per heavy atom. The standard InChI is InChI=1S/C10H21N3O/c1-13(8-4-2-3-5-8)7-6-9(11)10(12)14/h8-9H,2-7,11H2,1H3,(H2,12,14). The summed E-state index contributed by atoms with van der Waals surface area (Å²) in [5.74, 6) is -0.398. The van der Waals surface area contributed by atoms with Crippen molar-refractivity contribution in [1.29, 1.82) is 0 Å². The molecular formula is C10H21N3O. The molecule has 0 aromatic carbocycles. The Labute approximate surface area is 85.6 Å². The van der Waals surface area contributed by atoms with Crippen LogP contribution in [0.5, 0.6) is 0 Å². The van der Waals surface area contributed by atoms with Gasteiger partial charge < -0.3 is 16.4 Å². The summed E-state index contributed by atoms with van der Waals surface area (Å²) in [5, 5.41) is 0. The lowest BCUT2D eigenvalue weighted by atomic mass is 10.1. The van der Waals surface area contributed by atoms with Crippen LogP contribution >= 0.6 is 0 Å². The minimum Gasteiger partial charge on any atom is -0.368 e. The van der Waals surface area contributed by atoms with Gasteiger partial charge in [0.2, 0.25) is 5.91 Å². The third kappa shape index (κ3) is 3.27. The summed E-state index contributed by atoms with van der Waals surface area (Å²) >= 11 is 0. The van der Waals surface area contributed by atoms with Crippen molar-refractivity contribution in [3.8, 4) is 0 Å². The van der Waals surface area contributed by atoms with Crippen LogP contribution in [-0.4, -0.2) is 36.5 Å². The highest BCUT2D eigenvalue weighted by atomic mass is 16.1. The Balaban J connectivity index is 2.19. The topological polar surface area (TPSA) is 72.3 Å². The average Bonchev–Trinajstić information content (AvgIpc) is 2.66.